The molecule has 1 N–H and O–H groups in total. The van der Waals surface area contributed by atoms with Gasteiger partial charge in [0.05, 0.1) is 13.2 Å². The second kappa shape index (κ2) is 6.36. The highest BCUT2D eigenvalue weighted by Crippen LogP contribution is 2.32. The highest BCUT2D eigenvalue weighted by molar-refractivity contribution is 5.71. The third-order valence-corrected chi connectivity index (χ3v) is 3.65. The van der Waals surface area contributed by atoms with E-state index in [1.807, 2.05) is 6.92 Å². The number of esters is 1. The number of nitrogens with zero attached hydrogens (tertiary/aromatic N) is 1. The van der Waals surface area contributed by atoms with Crippen LogP contribution >= 0.6 is 0 Å². The third kappa shape index (κ3) is 4.64. The summed E-state index contributed by atoms with van der Waals surface area (Å²) in [5.41, 5.74) is 0.233. The number of carbonyl (C=O) groups is 1. The Balaban J connectivity index is 2.27. The standard InChI is InChI=1S/C13H26N2O2/c1-5-17-12(16)8-14-10-13(2,3)11-6-7-15(4)9-11/h11,14H,5-10H2,1-4H3. The van der Waals surface area contributed by atoms with Crippen molar-refractivity contribution in [2.24, 2.45) is 11.3 Å². The molecule has 1 rings (SSSR count). The van der Waals surface area contributed by atoms with Gasteiger partial charge in [0.25, 0.3) is 0 Å². The molecule has 1 aliphatic rings. The predicted molar refractivity (Wildman–Crippen MR) is 68.9 cm³/mol. The highest BCUT2D eigenvalue weighted by Gasteiger charge is 2.33. The van der Waals surface area contributed by atoms with Gasteiger partial charge in [-0.05, 0) is 38.3 Å². The highest BCUT2D eigenvalue weighted by atomic mass is 16.5. The van der Waals surface area contributed by atoms with Gasteiger partial charge in [-0.15, -0.1) is 0 Å². The molecule has 1 aliphatic heterocycles. The van der Waals surface area contributed by atoms with Crippen molar-refractivity contribution in [3.63, 3.8) is 0 Å². The van der Waals surface area contributed by atoms with Crippen molar-refractivity contribution < 1.29 is 9.53 Å². The molecular weight excluding hydrogens is 216 g/mol. The van der Waals surface area contributed by atoms with Crippen LogP contribution < -0.4 is 5.32 Å². The molecule has 4 nitrogen and oxygen atoms in total. The summed E-state index contributed by atoms with van der Waals surface area (Å²) in [5.74, 6) is 0.550. The second-order valence-corrected chi connectivity index (χ2v) is 5.64. The predicted octanol–water partition coefficient (Wildman–Crippen LogP) is 1.12. The average molecular weight is 242 g/mol. The number of ether oxygens (including phenoxy) is 1. The minimum atomic E-state index is -0.160. The van der Waals surface area contributed by atoms with Crippen LogP contribution in [0.15, 0.2) is 0 Å². The van der Waals surface area contributed by atoms with Crippen molar-refractivity contribution >= 4 is 5.97 Å². The van der Waals surface area contributed by atoms with Crippen LogP contribution in [0.5, 0.6) is 0 Å². The van der Waals surface area contributed by atoms with Gasteiger partial charge in [0.1, 0.15) is 0 Å². The summed E-state index contributed by atoms with van der Waals surface area (Å²) in [7, 11) is 2.17. The second-order valence-electron chi connectivity index (χ2n) is 5.64. The number of rotatable bonds is 6. The van der Waals surface area contributed by atoms with E-state index in [0.29, 0.717) is 19.1 Å². The summed E-state index contributed by atoms with van der Waals surface area (Å²) >= 11 is 0. The van der Waals surface area contributed by atoms with E-state index >= 15 is 0 Å². The smallest absolute Gasteiger partial charge is 0.319 e. The lowest BCUT2D eigenvalue weighted by atomic mass is 9.78. The maximum Gasteiger partial charge on any atom is 0.319 e. The Morgan fingerprint density at radius 2 is 2.24 bits per heavy atom. The summed E-state index contributed by atoms with van der Waals surface area (Å²) in [4.78, 5) is 13.6. The van der Waals surface area contributed by atoms with E-state index in [4.69, 9.17) is 4.74 Å². The van der Waals surface area contributed by atoms with E-state index < -0.39 is 0 Å². The molecule has 0 aromatic carbocycles. The topological polar surface area (TPSA) is 41.6 Å². The van der Waals surface area contributed by atoms with E-state index in [1.165, 1.54) is 13.0 Å². The molecule has 0 amide bonds. The summed E-state index contributed by atoms with van der Waals surface area (Å²) in [6.45, 7) is 10.4. The first-order chi connectivity index (χ1) is 7.95. The van der Waals surface area contributed by atoms with Gasteiger partial charge in [-0.25, -0.2) is 0 Å². The SMILES string of the molecule is CCOC(=O)CNCC(C)(C)C1CCN(C)C1. The third-order valence-electron chi connectivity index (χ3n) is 3.65. The maximum absolute atomic E-state index is 11.2. The number of carbonyl (C=O) groups excluding carboxylic acids is 1. The summed E-state index contributed by atoms with van der Waals surface area (Å²) in [6.07, 6.45) is 1.25. The largest absolute Gasteiger partial charge is 0.465 e. The molecule has 0 aliphatic carbocycles. The zero-order valence-electron chi connectivity index (χ0n) is 11.6. The van der Waals surface area contributed by atoms with E-state index in [9.17, 15) is 4.79 Å². The normalized spacial score (nSPS) is 21.8. The minimum Gasteiger partial charge on any atom is -0.465 e. The summed E-state index contributed by atoms with van der Waals surface area (Å²) < 4.78 is 4.89. The monoisotopic (exact) mass is 242 g/mol. The first-order valence-electron chi connectivity index (χ1n) is 6.50. The lowest BCUT2D eigenvalue weighted by Gasteiger charge is -2.31. The fourth-order valence-corrected chi connectivity index (χ4v) is 2.42. The van der Waals surface area contributed by atoms with Crippen LogP contribution in [0.3, 0.4) is 0 Å². The number of hydrogen-bond acceptors (Lipinski definition) is 4. The number of likely N-dealkylation sites (tertiary alicyclic amines) is 1. The van der Waals surface area contributed by atoms with E-state index in [-0.39, 0.29) is 11.4 Å². The first-order valence-corrected chi connectivity index (χ1v) is 6.50. The Hall–Kier alpha value is -0.610. The van der Waals surface area contributed by atoms with Gasteiger partial charge in [-0.1, -0.05) is 13.8 Å². The Labute approximate surface area is 105 Å². The lowest BCUT2D eigenvalue weighted by Crippen LogP contribution is -2.39. The van der Waals surface area contributed by atoms with E-state index in [1.54, 1.807) is 0 Å². The van der Waals surface area contributed by atoms with Gasteiger partial charge in [0.15, 0.2) is 0 Å². The zero-order valence-corrected chi connectivity index (χ0v) is 11.6. The quantitative estimate of drug-likeness (QED) is 0.709. The van der Waals surface area contributed by atoms with Gasteiger partial charge in [-0.3, -0.25) is 4.79 Å². The number of nitrogens with one attached hydrogen (secondary N) is 1. The molecule has 0 aromatic heterocycles. The summed E-state index contributed by atoms with van der Waals surface area (Å²) in [6, 6.07) is 0. The first kappa shape index (κ1) is 14.5. The fraction of sp³-hybridized carbons (Fsp3) is 0.923. The van der Waals surface area contributed by atoms with Crippen molar-refractivity contribution in [2.45, 2.75) is 27.2 Å². The van der Waals surface area contributed by atoms with Gasteiger partial charge in [0.2, 0.25) is 0 Å². The van der Waals surface area contributed by atoms with Crippen molar-refractivity contribution in [1.82, 2.24) is 10.2 Å². The molecule has 1 heterocycles. The zero-order chi connectivity index (χ0) is 12.9. The van der Waals surface area contributed by atoms with Crippen molar-refractivity contribution in [2.75, 3.05) is 39.8 Å². The molecule has 0 aromatic rings. The molecule has 1 fully saturated rings. The van der Waals surface area contributed by atoms with Crippen LogP contribution in [-0.4, -0.2) is 50.7 Å². The molecular formula is C13H26N2O2. The molecule has 1 saturated heterocycles. The molecule has 0 radical (unpaired) electrons. The Bertz CT molecular complexity index is 254. The van der Waals surface area contributed by atoms with Crippen LogP contribution in [0.1, 0.15) is 27.2 Å². The minimum absolute atomic E-state index is 0.160. The van der Waals surface area contributed by atoms with Crippen LogP contribution in [0.25, 0.3) is 0 Å². The molecule has 0 spiro atoms. The van der Waals surface area contributed by atoms with Gasteiger partial charge >= 0.3 is 5.97 Å². The molecule has 4 heteroatoms. The van der Waals surface area contributed by atoms with E-state index in [0.717, 1.165) is 13.1 Å². The van der Waals surface area contributed by atoms with Crippen LogP contribution in [-0.2, 0) is 9.53 Å². The Kier molecular flexibility index (Phi) is 5.40. The lowest BCUT2D eigenvalue weighted by molar-refractivity contribution is -0.142. The molecule has 100 valence electrons. The van der Waals surface area contributed by atoms with E-state index in [2.05, 4.69) is 31.1 Å². The van der Waals surface area contributed by atoms with Crippen LogP contribution in [0, 0.1) is 11.3 Å². The number of hydrogen-bond donors (Lipinski definition) is 1. The molecule has 17 heavy (non-hydrogen) atoms. The van der Waals surface area contributed by atoms with Crippen molar-refractivity contribution in [1.29, 1.82) is 0 Å². The van der Waals surface area contributed by atoms with Gasteiger partial charge in [-0.2, -0.15) is 0 Å². The summed E-state index contributed by atoms with van der Waals surface area (Å²) in [5, 5.41) is 3.21. The van der Waals surface area contributed by atoms with Crippen molar-refractivity contribution in [3.05, 3.63) is 0 Å². The molecule has 0 saturated carbocycles. The Morgan fingerprint density at radius 3 is 2.76 bits per heavy atom. The molecule has 1 atom stereocenters. The van der Waals surface area contributed by atoms with Gasteiger partial charge < -0.3 is 15.0 Å². The molecule has 0 bridgehead atoms. The fourth-order valence-electron chi connectivity index (χ4n) is 2.42. The maximum atomic E-state index is 11.2. The van der Waals surface area contributed by atoms with Crippen LogP contribution in [0.2, 0.25) is 0 Å². The average Bonchev–Trinajstić information content (AvgIpc) is 2.65. The Morgan fingerprint density at radius 1 is 1.53 bits per heavy atom. The van der Waals surface area contributed by atoms with Crippen molar-refractivity contribution in [3.8, 4) is 0 Å². The molecule has 1 unspecified atom stereocenters. The van der Waals surface area contributed by atoms with Crippen LogP contribution in [0.4, 0.5) is 0 Å². The van der Waals surface area contributed by atoms with Gasteiger partial charge in [0, 0.05) is 13.1 Å².